The Balaban J connectivity index is 1.62. The second-order valence-corrected chi connectivity index (χ2v) is 7.37. The van der Waals surface area contributed by atoms with E-state index in [0.717, 1.165) is 35.0 Å². The van der Waals surface area contributed by atoms with Crippen LogP contribution in [0.1, 0.15) is 30.9 Å². The van der Waals surface area contributed by atoms with Gasteiger partial charge in [0.05, 0.1) is 0 Å². The lowest BCUT2D eigenvalue weighted by atomic mass is 10.0. The SMILES string of the molecule is Cc1cccc(NC(=O)Nc2nnc(N3CCCC(C)C3)s2)c1C. The first-order valence-electron chi connectivity index (χ1n) is 8.25. The number of benzene rings is 1. The van der Waals surface area contributed by atoms with E-state index in [4.69, 9.17) is 0 Å². The Labute approximate surface area is 146 Å². The summed E-state index contributed by atoms with van der Waals surface area (Å²) in [6.07, 6.45) is 2.44. The molecule has 0 spiro atoms. The molecule has 0 saturated carbocycles. The third-order valence-electron chi connectivity index (χ3n) is 4.42. The maximum atomic E-state index is 12.2. The lowest BCUT2D eigenvalue weighted by molar-refractivity contribution is 0.262. The summed E-state index contributed by atoms with van der Waals surface area (Å²) >= 11 is 1.42. The van der Waals surface area contributed by atoms with Gasteiger partial charge in [-0.2, -0.15) is 0 Å². The number of carbonyl (C=O) groups is 1. The Bertz CT molecular complexity index is 730. The van der Waals surface area contributed by atoms with Gasteiger partial charge < -0.3 is 10.2 Å². The molecular weight excluding hydrogens is 322 g/mol. The smallest absolute Gasteiger partial charge is 0.325 e. The van der Waals surface area contributed by atoms with Crippen molar-refractivity contribution in [3.05, 3.63) is 29.3 Å². The highest BCUT2D eigenvalue weighted by atomic mass is 32.1. The maximum absolute atomic E-state index is 12.2. The van der Waals surface area contributed by atoms with Gasteiger partial charge in [-0.15, -0.1) is 10.2 Å². The third-order valence-corrected chi connectivity index (χ3v) is 5.31. The summed E-state index contributed by atoms with van der Waals surface area (Å²) in [6.45, 7) is 8.28. The van der Waals surface area contributed by atoms with E-state index in [1.165, 1.54) is 24.2 Å². The van der Waals surface area contributed by atoms with Crippen molar-refractivity contribution in [2.24, 2.45) is 5.92 Å². The standard InChI is InChI=1S/C17H23N5OS/c1-11-6-5-9-22(10-11)17-21-20-16(24-17)19-15(23)18-14-8-4-7-12(2)13(14)3/h4,7-8,11H,5-6,9-10H2,1-3H3,(H2,18,19,20,23). The molecule has 1 unspecified atom stereocenters. The summed E-state index contributed by atoms with van der Waals surface area (Å²) in [5, 5.41) is 15.4. The minimum atomic E-state index is -0.293. The molecular formula is C17H23N5OS. The van der Waals surface area contributed by atoms with E-state index in [1.807, 2.05) is 32.0 Å². The van der Waals surface area contributed by atoms with Gasteiger partial charge in [0.2, 0.25) is 10.3 Å². The molecule has 1 aromatic carbocycles. The lowest BCUT2D eigenvalue weighted by Gasteiger charge is -2.29. The Kier molecular flexibility index (Phi) is 4.99. The molecule has 2 aromatic rings. The monoisotopic (exact) mass is 345 g/mol. The van der Waals surface area contributed by atoms with E-state index < -0.39 is 0 Å². The number of piperidine rings is 1. The second kappa shape index (κ2) is 7.17. The van der Waals surface area contributed by atoms with Gasteiger partial charge in [-0.05, 0) is 49.8 Å². The predicted octanol–water partition coefficient (Wildman–Crippen LogP) is 4.04. The summed E-state index contributed by atoms with van der Waals surface area (Å²) in [6, 6.07) is 5.55. The van der Waals surface area contributed by atoms with E-state index in [0.29, 0.717) is 11.0 Å². The Hall–Kier alpha value is -2.15. The average molecular weight is 345 g/mol. The number of aryl methyl sites for hydroxylation is 1. The van der Waals surface area contributed by atoms with Crippen molar-refractivity contribution in [3.63, 3.8) is 0 Å². The van der Waals surface area contributed by atoms with Crippen molar-refractivity contribution in [2.45, 2.75) is 33.6 Å². The molecule has 1 aliphatic rings. The number of hydrogen-bond acceptors (Lipinski definition) is 5. The molecule has 128 valence electrons. The number of anilines is 3. The first-order chi connectivity index (χ1) is 11.5. The number of nitrogens with one attached hydrogen (secondary N) is 2. The highest BCUT2D eigenvalue weighted by Gasteiger charge is 2.20. The highest BCUT2D eigenvalue weighted by molar-refractivity contribution is 7.19. The molecule has 3 rings (SSSR count). The summed E-state index contributed by atoms with van der Waals surface area (Å²) in [4.78, 5) is 14.4. The van der Waals surface area contributed by atoms with Gasteiger partial charge in [0.15, 0.2) is 0 Å². The first-order valence-corrected chi connectivity index (χ1v) is 9.07. The number of amides is 2. The molecule has 7 heteroatoms. The second-order valence-electron chi connectivity index (χ2n) is 6.41. The van der Waals surface area contributed by atoms with Crippen LogP contribution >= 0.6 is 11.3 Å². The molecule has 0 aliphatic carbocycles. The van der Waals surface area contributed by atoms with Crippen LogP contribution in [0.4, 0.5) is 20.7 Å². The topological polar surface area (TPSA) is 70.1 Å². The fraction of sp³-hybridized carbons (Fsp3) is 0.471. The Morgan fingerprint density at radius 1 is 1.29 bits per heavy atom. The van der Waals surface area contributed by atoms with E-state index in [-0.39, 0.29) is 6.03 Å². The number of hydrogen-bond donors (Lipinski definition) is 2. The van der Waals surface area contributed by atoms with Gasteiger partial charge in [-0.1, -0.05) is 30.4 Å². The van der Waals surface area contributed by atoms with Crippen LogP contribution in [0.25, 0.3) is 0 Å². The number of urea groups is 1. The van der Waals surface area contributed by atoms with Crippen LogP contribution < -0.4 is 15.5 Å². The fourth-order valence-electron chi connectivity index (χ4n) is 2.89. The van der Waals surface area contributed by atoms with Crippen LogP contribution in [-0.4, -0.2) is 29.3 Å². The fourth-order valence-corrected chi connectivity index (χ4v) is 3.67. The quantitative estimate of drug-likeness (QED) is 0.881. The summed E-state index contributed by atoms with van der Waals surface area (Å²) in [7, 11) is 0. The van der Waals surface area contributed by atoms with E-state index in [2.05, 4.69) is 32.7 Å². The minimum absolute atomic E-state index is 0.293. The number of aromatic nitrogens is 2. The number of rotatable bonds is 3. The first kappa shape index (κ1) is 16.7. The van der Waals surface area contributed by atoms with E-state index >= 15 is 0 Å². The molecule has 1 aromatic heterocycles. The third kappa shape index (κ3) is 3.84. The van der Waals surface area contributed by atoms with Crippen LogP contribution in [0.15, 0.2) is 18.2 Å². The van der Waals surface area contributed by atoms with Crippen LogP contribution in [0.3, 0.4) is 0 Å². The molecule has 2 heterocycles. The molecule has 1 saturated heterocycles. The Morgan fingerprint density at radius 2 is 2.12 bits per heavy atom. The van der Waals surface area contributed by atoms with Gasteiger partial charge in [0.25, 0.3) is 0 Å². The van der Waals surface area contributed by atoms with Gasteiger partial charge in [0.1, 0.15) is 0 Å². The summed E-state index contributed by atoms with van der Waals surface area (Å²) < 4.78 is 0. The molecule has 24 heavy (non-hydrogen) atoms. The Morgan fingerprint density at radius 3 is 2.92 bits per heavy atom. The molecule has 1 fully saturated rings. The largest absolute Gasteiger partial charge is 0.346 e. The normalized spacial score (nSPS) is 17.6. The van der Waals surface area contributed by atoms with Gasteiger partial charge in [0, 0.05) is 18.8 Å². The average Bonchev–Trinajstić information content (AvgIpc) is 3.00. The van der Waals surface area contributed by atoms with E-state index in [9.17, 15) is 4.79 Å². The zero-order valence-electron chi connectivity index (χ0n) is 14.3. The number of carbonyl (C=O) groups excluding carboxylic acids is 1. The maximum Gasteiger partial charge on any atom is 0.325 e. The van der Waals surface area contributed by atoms with Crippen molar-refractivity contribution in [1.29, 1.82) is 0 Å². The van der Waals surface area contributed by atoms with Crippen molar-refractivity contribution >= 4 is 33.3 Å². The minimum Gasteiger partial charge on any atom is -0.346 e. The van der Waals surface area contributed by atoms with E-state index in [1.54, 1.807) is 0 Å². The molecule has 0 bridgehead atoms. The van der Waals surface area contributed by atoms with Crippen LogP contribution in [-0.2, 0) is 0 Å². The van der Waals surface area contributed by atoms with Crippen LogP contribution in [0.5, 0.6) is 0 Å². The van der Waals surface area contributed by atoms with Gasteiger partial charge in [-0.3, -0.25) is 5.32 Å². The zero-order valence-corrected chi connectivity index (χ0v) is 15.1. The summed E-state index contributed by atoms with van der Waals surface area (Å²) in [5.41, 5.74) is 3.01. The van der Waals surface area contributed by atoms with Crippen molar-refractivity contribution in [1.82, 2.24) is 10.2 Å². The van der Waals surface area contributed by atoms with Crippen LogP contribution in [0, 0.1) is 19.8 Å². The van der Waals surface area contributed by atoms with Crippen LogP contribution in [0.2, 0.25) is 0 Å². The van der Waals surface area contributed by atoms with Crippen molar-refractivity contribution in [2.75, 3.05) is 28.6 Å². The molecule has 1 aliphatic heterocycles. The van der Waals surface area contributed by atoms with Crippen molar-refractivity contribution in [3.8, 4) is 0 Å². The lowest BCUT2D eigenvalue weighted by Crippen LogP contribution is -2.34. The molecule has 2 amide bonds. The van der Waals surface area contributed by atoms with Gasteiger partial charge >= 0.3 is 6.03 Å². The molecule has 0 radical (unpaired) electrons. The van der Waals surface area contributed by atoms with Crippen molar-refractivity contribution < 1.29 is 4.79 Å². The number of nitrogens with zero attached hydrogens (tertiary/aromatic N) is 3. The van der Waals surface area contributed by atoms with Gasteiger partial charge in [-0.25, -0.2) is 4.79 Å². The molecule has 6 nitrogen and oxygen atoms in total. The zero-order chi connectivity index (χ0) is 17.1. The molecule has 2 N–H and O–H groups in total. The molecule has 1 atom stereocenters. The predicted molar refractivity (Wildman–Crippen MR) is 99.1 cm³/mol. The summed E-state index contributed by atoms with van der Waals surface area (Å²) in [5.74, 6) is 0.673. The highest BCUT2D eigenvalue weighted by Crippen LogP contribution is 2.28.